The molecule has 0 fully saturated rings. The Balaban J connectivity index is 0.974. The van der Waals surface area contributed by atoms with Gasteiger partial charge in [-0.3, -0.25) is 0 Å². The summed E-state index contributed by atoms with van der Waals surface area (Å²) in [6.07, 6.45) is 0. The van der Waals surface area contributed by atoms with Crippen molar-refractivity contribution >= 4 is 21.7 Å². The summed E-state index contributed by atoms with van der Waals surface area (Å²) in [5.41, 5.74) is 16.7. The van der Waals surface area contributed by atoms with Gasteiger partial charge in [-0.2, -0.15) is 0 Å². The molecule has 1 aliphatic carbocycles. The van der Waals surface area contributed by atoms with E-state index >= 15 is 0 Å². The maximum atomic E-state index is 6.63. The van der Waals surface area contributed by atoms with Gasteiger partial charge in [0.25, 0.3) is 0 Å². The summed E-state index contributed by atoms with van der Waals surface area (Å²) in [4.78, 5) is 15.7. The second-order valence-corrected chi connectivity index (χ2v) is 16.7. The van der Waals surface area contributed by atoms with Gasteiger partial charge >= 0.3 is 0 Å². The van der Waals surface area contributed by atoms with Gasteiger partial charge in [0.2, 0.25) is 0 Å². The van der Waals surface area contributed by atoms with Gasteiger partial charge in [0, 0.05) is 44.2 Å². The van der Waals surface area contributed by atoms with E-state index in [4.69, 9.17) is 19.7 Å². The Kier molecular flexibility index (Phi) is 8.09. The molecule has 298 valence electrons. The zero-order valence-electron chi connectivity index (χ0n) is 34.6. The van der Waals surface area contributed by atoms with Crippen molar-refractivity contribution in [2.75, 3.05) is 0 Å². The topological polar surface area (TPSA) is 47.9 Å². The predicted octanol–water partition coefficient (Wildman–Crippen LogP) is 15.0. The number of ether oxygens (including phenoxy) is 1. The highest BCUT2D eigenvalue weighted by atomic mass is 16.5. The van der Waals surface area contributed by atoms with Gasteiger partial charge in [-0.25, -0.2) is 15.0 Å². The molecule has 0 amide bonds. The summed E-state index contributed by atoms with van der Waals surface area (Å²) in [6, 6.07) is 79.5. The highest BCUT2D eigenvalue weighted by molar-refractivity contribution is 6.13. The Hall–Kier alpha value is -8.47. The van der Waals surface area contributed by atoms with Crippen molar-refractivity contribution in [3.8, 4) is 78.9 Å². The number of hydrogen-bond acceptors (Lipinski definition) is 4. The maximum absolute atomic E-state index is 6.63. The molecule has 64 heavy (non-hydrogen) atoms. The molecule has 0 saturated heterocycles. The van der Waals surface area contributed by atoms with Gasteiger partial charge in [0.1, 0.15) is 11.5 Å². The number of fused-ring (bicyclic) bond motifs is 12. The first-order valence-electron chi connectivity index (χ1n) is 21.8. The van der Waals surface area contributed by atoms with Crippen LogP contribution in [0.15, 0.2) is 224 Å². The Morgan fingerprint density at radius 1 is 0.312 bits per heavy atom. The second-order valence-electron chi connectivity index (χ2n) is 16.7. The summed E-state index contributed by atoms with van der Waals surface area (Å²) in [6.45, 7) is 0. The molecule has 0 unspecified atom stereocenters. The lowest BCUT2D eigenvalue weighted by atomic mass is 9.66. The summed E-state index contributed by atoms with van der Waals surface area (Å²) >= 11 is 0. The van der Waals surface area contributed by atoms with Crippen LogP contribution in [0.25, 0.3) is 89.1 Å². The molecular formula is C60H37N3O. The van der Waals surface area contributed by atoms with E-state index in [2.05, 4.69) is 200 Å². The monoisotopic (exact) mass is 815 g/mol. The van der Waals surface area contributed by atoms with Crippen LogP contribution in [0.5, 0.6) is 11.5 Å². The van der Waals surface area contributed by atoms with Crippen molar-refractivity contribution in [3.63, 3.8) is 0 Å². The largest absolute Gasteiger partial charge is 0.457 e. The number of benzene rings is 9. The van der Waals surface area contributed by atoms with Crippen LogP contribution in [0.2, 0.25) is 0 Å². The molecule has 9 aromatic carbocycles. The van der Waals surface area contributed by atoms with Crippen LogP contribution >= 0.6 is 0 Å². The lowest BCUT2D eigenvalue weighted by molar-refractivity contribution is 0.436. The third kappa shape index (κ3) is 5.52. The molecule has 13 rings (SSSR count). The Labute approximate surface area is 370 Å². The minimum Gasteiger partial charge on any atom is -0.457 e. The van der Waals surface area contributed by atoms with Crippen molar-refractivity contribution in [1.82, 2.24) is 15.0 Å². The van der Waals surface area contributed by atoms with Gasteiger partial charge in [-0.1, -0.05) is 188 Å². The number of aromatic nitrogens is 3. The molecule has 2 aliphatic rings. The van der Waals surface area contributed by atoms with Gasteiger partial charge < -0.3 is 4.74 Å². The minimum absolute atomic E-state index is 0.559. The summed E-state index contributed by atoms with van der Waals surface area (Å²) in [5.74, 6) is 2.46. The fraction of sp³-hybridized carbons (Fsp3) is 0.0167. The van der Waals surface area contributed by atoms with E-state index in [0.29, 0.717) is 5.82 Å². The first-order valence-corrected chi connectivity index (χ1v) is 21.8. The SMILES string of the molecule is c1ccc(-c2ccc(-c3cc(-c4ccc(-c5nc6ccccc6c6cc7c(cc56)-c5ccccc5C75c6ccccc6Oc6ccccc65)cc4)nc(-c4ccccc4)n3)cc2)cc1. The fourth-order valence-corrected chi connectivity index (χ4v) is 10.2. The van der Waals surface area contributed by atoms with Crippen LogP contribution in [0.3, 0.4) is 0 Å². The van der Waals surface area contributed by atoms with Crippen molar-refractivity contribution in [2.24, 2.45) is 0 Å². The smallest absolute Gasteiger partial charge is 0.160 e. The van der Waals surface area contributed by atoms with E-state index < -0.39 is 5.41 Å². The fourth-order valence-electron chi connectivity index (χ4n) is 10.2. The van der Waals surface area contributed by atoms with Gasteiger partial charge in [-0.05, 0) is 75.2 Å². The summed E-state index contributed by atoms with van der Waals surface area (Å²) in [5, 5.41) is 3.41. The normalized spacial score (nSPS) is 12.9. The Morgan fingerprint density at radius 2 is 0.828 bits per heavy atom. The molecule has 3 heterocycles. The Bertz CT molecular complexity index is 3570. The van der Waals surface area contributed by atoms with E-state index in [9.17, 15) is 0 Å². The molecule has 4 nitrogen and oxygen atoms in total. The molecule has 0 saturated carbocycles. The molecule has 11 aromatic rings. The number of pyridine rings is 1. The van der Waals surface area contributed by atoms with Crippen LogP contribution in [0, 0.1) is 0 Å². The highest BCUT2D eigenvalue weighted by Gasteiger charge is 2.51. The van der Waals surface area contributed by atoms with E-state index in [0.717, 1.165) is 78.3 Å². The average Bonchev–Trinajstić information content (AvgIpc) is 3.65. The second kappa shape index (κ2) is 14.3. The molecule has 4 heteroatoms. The number of nitrogens with zero attached hydrogens (tertiary/aromatic N) is 3. The highest BCUT2D eigenvalue weighted by Crippen LogP contribution is 2.62. The first kappa shape index (κ1) is 36.2. The van der Waals surface area contributed by atoms with E-state index in [1.165, 1.54) is 38.8 Å². The third-order valence-electron chi connectivity index (χ3n) is 13.2. The number of para-hydroxylation sites is 3. The van der Waals surface area contributed by atoms with Crippen molar-refractivity contribution in [2.45, 2.75) is 5.41 Å². The van der Waals surface area contributed by atoms with Gasteiger partial charge in [0.05, 0.1) is 28.0 Å². The maximum Gasteiger partial charge on any atom is 0.160 e. The van der Waals surface area contributed by atoms with Gasteiger partial charge in [0.15, 0.2) is 5.82 Å². The third-order valence-corrected chi connectivity index (χ3v) is 13.2. The molecule has 0 atom stereocenters. The summed E-state index contributed by atoms with van der Waals surface area (Å²) in [7, 11) is 0. The van der Waals surface area contributed by atoms with Crippen LogP contribution in [0.4, 0.5) is 0 Å². The number of hydrogen-bond donors (Lipinski definition) is 0. The molecular weight excluding hydrogens is 779 g/mol. The standard InChI is InChI=1S/C60H37N3O/c1-3-15-38(16-4-1)39-27-29-40(30-28-39)54-37-55(63-59(62-54)43-17-5-2-6-18-43)41-31-33-42(34-32-41)58-48-35-47-44-19-7-9-21-49(44)60(52(47)36-46(48)45-20-8-12-24-53(45)61-58)50-22-10-13-25-56(50)64-57-26-14-11-23-51(57)60/h1-37H. The average molecular weight is 816 g/mol. The lowest BCUT2D eigenvalue weighted by Crippen LogP contribution is -2.32. The molecule has 2 aromatic heterocycles. The van der Waals surface area contributed by atoms with Gasteiger partial charge in [-0.15, -0.1) is 0 Å². The molecule has 1 spiro atoms. The molecule has 0 N–H and O–H groups in total. The molecule has 1 aliphatic heterocycles. The van der Waals surface area contributed by atoms with Crippen LogP contribution in [-0.4, -0.2) is 15.0 Å². The first-order chi connectivity index (χ1) is 31.7. The van der Waals surface area contributed by atoms with Crippen LogP contribution in [-0.2, 0) is 5.41 Å². The lowest BCUT2D eigenvalue weighted by Gasteiger charge is -2.39. The quantitative estimate of drug-likeness (QED) is 0.162. The zero-order chi connectivity index (χ0) is 42.2. The van der Waals surface area contributed by atoms with Crippen molar-refractivity contribution in [3.05, 3.63) is 247 Å². The minimum atomic E-state index is -0.559. The summed E-state index contributed by atoms with van der Waals surface area (Å²) < 4.78 is 6.63. The number of rotatable bonds is 5. The van der Waals surface area contributed by atoms with Crippen LogP contribution in [0.1, 0.15) is 22.3 Å². The van der Waals surface area contributed by atoms with E-state index in [1.807, 2.05) is 24.3 Å². The van der Waals surface area contributed by atoms with Crippen LogP contribution < -0.4 is 4.74 Å². The zero-order valence-corrected chi connectivity index (χ0v) is 34.6. The van der Waals surface area contributed by atoms with Crippen molar-refractivity contribution in [1.29, 1.82) is 0 Å². The molecule has 0 bridgehead atoms. The molecule has 0 radical (unpaired) electrons. The van der Waals surface area contributed by atoms with E-state index in [-0.39, 0.29) is 0 Å². The van der Waals surface area contributed by atoms with Crippen molar-refractivity contribution < 1.29 is 4.74 Å². The predicted molar refractivity (Wildman–Crippen MR) is 259 cm³/mol. The van der Waals surface area contributed by atoms with E-state index in [1.54, 1.807) is 0 Å². The Morgan fingerprint density at radius 3 is 1.50 bits per heavy atom.